The zero-order valence-corrected chi connectivity index (χ0v) is 15.4. The summed E-state index contributed by atoms with van der Waals surface area (Å²) in [7, 11) is 0. The van der Waals surface area contributed by atoms with Gasteiger partial charge in [-0.05, 0) is 44.9 Å². The van der Waals surface area contributed by atoms with Crippen molar-refractivity contribution in [2.45, 2.75) is 0 Å². The number of hydrogen-bond acceptors (Lipinski definition) is 4. The van der Waals surface area contributed by atoms with Crippen LogP contribution in [-0.2, 0) is 14.3 Å². The van der Waals surface area contributed by atoms with Gasteiger partial charge in [0.15, 0.2) is 13.2 Å². The Labute approximate surface area is 159 Å². The molecule has 3 aromatic carbocycles. The van der Waals surface area contributed by atoms with Gasteiger partial charge in [0.2, 0.25) is 0 Å². The summed E-state index contributed by atoms with van der Waals surface area (Å²) in [6.07, 6.45) is 0. The second-order valence-electron chi connectivity index (χ2n) is 5.46. The van der Waals surface area contributed by atoms with E-state index in [1.54, 1.807) is 30.3 Å². The summed E-state index contributed by atoms with van der Waals surface area (Å²) in [4.78, 5) is 23.6. The van der Waals surface area contributed by atoms with Crippen molar-refractivity contribution < 1.29 is 19.1 Å². The highest BCUT2D eigenvalue weighted by Gasteiger charge is 2.11. The Morgan fingerprint density at radius 1 is 0.885 bits per heavy atom. The molecule has 132 valence electrons. The summed E-state index contributed by atoms with van der Waals surface area (Å²) in [5.74, 6) is -0.487. The van der Waals surface area contributed by atoms with E-state index in [4.69, 9.17) is 9.47 Å². The van der Waals surface area contributed by atoms with Crippen LogP contribution in [0.3, 0.4) is 0 Å². The molecule has 0 aliphatic heterocycles. The number of para-hydroxylation sites is 1. The van der Waals surface area contributed by atoms with Crippen molar-refractivity contribution in [2.75, 3.05) is 18.5 Å². The quantitative estimate of drug-likeness (QED) is 0.616. The third-order valence-corrected chi connectivity index (χ3v) is 4.41. The first-order chi connectivity index (χ1) is 12.6. The molecule has 3 rings (SSSR count). The molecule has 0 aliphatic carbocycles. The Balaban J connectivity index is 1.50. The highest BCUT2D eigenvalue weighted by molar-refractivity contribution is 9.10. The van der Waals surface area contributed by atoms with Crippen LogP contribution < -0.4 is 10.1 Å². The minimum Gasteiger partial charge on any atom is -0.481 e. The maximum atomic E-state index is 11.8. The number of esters is 1. The van der Waals surface area contributed by atoms with Crippen molar-refractivity contribution in [2.24, 2.45) is 0 Å². The number of rotatable bonds is 6. The number of hydrogen-bond donors (Lipinski definition) is 1. The Hall–Kier alpha value is -2.86. The second-order valence-corrected chi connectivity index (χ2v) is 6.26. The predicted octanol–water partition coefficient (Wildman–Crippen LogP) is 4.16. The minimum absolute atomic E-state index is 0.282. The number of anilines is 1. The lowest BCUT2D eigenvalue weighted by Crippen LogP contribution is -2.23. The van der Waals surface area contributed by atoms with Crippen LogP contribution in [0, 0.1) is 0 Å². The van der Waals surface area contributed by atoms with E-state index in [1.165, 1.54) is 0 Å². The maximum absolute atomic E-state index is 11.8. The van der Waals surface area contributed by atoms with Crippen LogP contribution >= 0.6 is 15.9 Å². The number of carbonyl (C=O) groups is 2. The van der Waals surface area contributed by atoms with E-state index in [0.717, 1.165) is 15.2 Å². The maximum Gasteiger partial charge on any atom is 0.344 e. The molecule has 0 aliphatic rings. The molecule has 6 heteroatoms. The van der Waals surface area contributed by atoms with Crippen molar-refractivity contribution in [3.63, 3.8) is 0 Å². The van der Waals surface area contributed by atoms with Gasteiger partial charge in [-0.2, -0.15) is 0 Å². The summed E-state index contributed by atoms with van der Waals surface area (Å²) < 4.78 is 11.2. The molecule has 0 bridgehead atoms. The van der Waals surface area contributed by atoms with Gasteiger partial charge in [-0.25, -0.2) is 4.79 Å². The molecule has 5 nitrogen and oxygen atoms in total. The smallest absolute Gasteiger partial charge is 0.344 e. The van der Waals surface area contributed by atoms with Crippen LogP contribution in [0.1, 0.15) is 0 Å². The first-order valence-corrected chi connectivity index (χ1v) is 8.73. The molecule has 1 N–H and O–H groups in total. The van der Waals surface area contributed by atoms with Gasteiger partial charge >= 0.3 is 5.97 Å². The van der Waals surface area contributed by atoms with Crippen LogP contribution in [-0.4, -0.2) is 25.1 Å². The molecule has 0 saturated heterocycles. The molecular formula is C20H16BrNO4. The van der Waals surface area contributed by atoms with Gasteiger partial charge in [0, 0.05) is 5.69 Å². The van der Waals surface area contributed by atoms with Crippen LogP contribution in [0.5, 0.6) is 5.75 Å². The number of carbonyl (C=O) groups excluding carboxylic acids is 2. The van der Waals surface area contributed by atoms with E-state index in [9.17, 15) is 9.59 Å². The van der Waals surface area contributed by atoms with Gasteiger partial charge in [0.1, 0.15) is 5.75 Å². The number of halogens is 1. The predicted molar refractivity (Wildman–Crippen MR) is 103 cm³/mol. The Morgan fingerprint density at radius 2 is 1.62 bits per heavy atom. The summed E-state index contributed by atoms with van der Waals surface area (Å²) in [5.41, 5.74) is 0.643. The zero-order chi connectivity index (χ0) is 18.4. The molecule has 0 unspecified atom stereocenters. The molecule has 26 heavy (non-hydrogen) atoms. The van der Waals surface area contributed by atoms with Crippen molar-refractivity contribution in [1.29, 1.82) is 0 Å². The normalized spacial score (nSPS) is 10.3. The largest absolute Gasteiger partial charge is 0.481 e. The van der Waals surface area contributed by atoms with E-state index in [0.29, 0.717) is 11.4 Å². The third-order valence-electron chi connectivity index (χ3n) is 3.60. The number of nitrogens with one attached hydrogen (secondary N) is 1. The van der Waals surface area contributed by atoms with Crippen LogP contribution in [0.2, 0.25) is 0 Å². The van der Waals surface area contributed by atoms with E-state index >= 15 is 0 Å². The molecule has 3 aromatic rings. The minimum atomic E-state index is -0.617. The fraction of sp³-hybridized carbons (Fsp3) is 0.100. The second kappa shape index (κ2) is 8.49. The van der Waals surface area contributed by atoms with Crippen LogP contribution in [0.4, 0.5) is 5.69 Å². The summed E-state index contributed by atoms with van der Waals surface area (Å²) in [6, 6.07) is 20.5. The monoisotopic (exact) mass is 413 g/mol. The molecule has 1 amide bonds. The standard InChI is InChI=1S/C20H16BrNO4/c21-20-16-9-5-4-6-14(16)10-11-17(20)25-13-19(24)26-12-18(23)22-15-7-2-1-3-8-15/h1-11H,12-13H2,(H,22,23). The molecule has 0 saturated carbocycles. The van der Waals surface area contributed by atoms with Crippen molar-refractivity contribution in [3.05, 3.63) is 71.2 Å². The first kappa shape index (κ1) is 17.9. The number of ether oxygens (including phenoxy) is 2. The Morgan fingerprint density at radius 3 is 2.42 bits per heavy atom. The van der Waals surface area contributed by atoms with Gasteiger partial charge in [0.05, 0.1) is 4.47 Å². The molecule has 0 fully saturated rings. The van der Waals surface area contributed by atoms with Crippen molar-refractivity contribution >= 4 is 44.3 Å². The third kappa shape index (κ3) is 4.61. The van der Waals surface area contributed by atoms with E-state index in [1.807, 2.05) is 36.4 Å². The summed E-state index contributed by atoms with van der Waals surface area (Å²) in [5, 5.41) is 4.68. The first-order valence-electron chi connectivity index (χ1n) is 7.94. The highest BCUT2D eigenvalue weighted by Crippen LogP contribution is 2.32. The fourth-order valence-electron chi connectivity index (χ4n) is 2.37. The van der Waals surface area contributed by atoms with Crippen LogP contribution in [0.25, 0.3) is 10.8 Å². The van der Waals surface area contributed by atoms with Crippen LogP contribution in [0.15, 0.2) is 71.2 Å². The lowest BCUT2D eigenvalue weighted by atomic mass is 10.1. The van der Waals surface area contributed by atoms with E-state index < -0.39 is 11.9 Å². The molecule has 0 radical (unpaired) electrons. The summed E-state index contributed by atoms with van der Waals surface area (Å²) >= 11 is 3.49. The highest BCUT2D eigenvalue weighted by atomic mass is 79.9. The average Bonchev–Trinajstić information content (AvgIpc) is 2.67. The van der Waals surface area contributed by atoms with Gasteiger partial charge < -0.3 is 14.8 Å². The number of benzene rings is 3. The van der Waals surface area contributed by atoms with Gasteiger partial charge in [-0.1, -0.05) is 48.5 Å². The van der Waals surface area contributed by atoms with Gasteiger partial charge in [0.25, 0.3) is 5.91 Å². The molecule has 0 aromatic heterocycles. The van der Waals surface area contributed by atoms with E-state index in [-0.39, 0.29) is 13.2 Å². The van der Waals surface area contributed by atoms with E-state index in [2.05, 4.69) is 21.2 Å². The molecule has 0 spiro atoms. The lowest BCUT2D eigenvalue weighted by Gasteiger charge is -2.10. The molecular weight excluding hydrogens is 398 g/mol. The lowest BCUT2D eigenvalue weighted by molar-refractivity contribution is -0.149. The fourth-order valence-corrected chi connectivity index (χ4v) is 2.98. The van der Waals surface area contributed by atoms with Crippen molar-refractivity contribution in [1.82, 2.24) is 0 Å². The topological polar surface area (TPSA) is 64.6 Å². The Kier molecular flexibility index (Phi) is 5.86. The molecule has 0 atom stereocenters. The number of amides is 1. The number of fused-ring (bicyclic) bond motifs is 1. The summed E-state index contributed by atoms with van der Waals surface area (Å²) in [6.45, 7) is -0.647. The zero-order valence-electron chi connectivity index (χ0n) is 13.8. The SMILES string of the molecule is O=C(COC(=O)COc1ccc2ccccc2c1Br)Nc1ccccc1. The van der Waals surface area contributed by atoms with Gasteiger partial charge in [-0.15, -0.1) is 0 Å². The van der Waals surface area contributed by atoms with Gasteiger partial charge in [-0.3, -0.25) is 4.79 Å². The van der Waals surface area contributed by atoms with Crippen molar-refractivity contribution in [3.8, 4) is 5.75 Å². The average molecular weight is 414 g/mol. The molecule has 0 heterocycles. The Bertz CT molecular complexity index is 928.